The van der Waals surface area contributed by atoms with E-state index in [0.29, 0.717) is 17.1 Å². The van der Waals surface area contributed by atoms with E-state index in [0.717, 1.165) is 48.2 Å². The molecule has 1 atom stereocenters. The van der Waals surface area contributed by atoms with Gasteiger partial charge in [0.25, 0.3) is 0 Å². The van der Waals surface area contributed by atoms with Gasteiger partial charge in [-0.15, -0.1) is 0 Å². The van der Waals surface area contributed by atoms with Crippen LogP contribution in [-0.2, 0) is 0 Å². The lowest BCUT2D eigenvalue weighted by Gasteiger charge is -2.37. The molecular formula is C26H26Cl2N2O2. The summed E-state index contributed by atoms with van der Waals surface area (Å²) in [4.78, 5) is 18.2. The van der Waals surface area contributed by atoms with Crippen LogP contribution in [0.3, 0.4) is 0 Å². The average Bonchev–Trinajstić information content (AvgIpc) is 2.83. The highest BCUT2D eigenvalue weighted by atomic mass is 35.5. The Bertz CT molecular complexity index is 1050. The average molecular weight is 469 g/mol. The highest BCUT2D eigenvalue weighted by molar-refractivity contribution is 6.31. The van der Waals surface area contributed by atoms with E-state index in [-0.39, 0.29) is 11.7 Å². The monoisotopic (exact) mass is 468 g/mol. The molecule has 166 valence electrons. The fourth-order valence-electron chi connectivity index (χ4n) is 4.11. The van der Waals surface area contributed by atoms with E-state index < -0.39 is 0 Å². The lowest BCUT2D eigenvalue weighted by Crippen LogP contribution is -2.48. The van der Waals surface area contributed by atoms with Gasteiger partial charge >= 0.3 is 0 Å². The second kappa shape index (κ2) is 10.4. The Kier molecular flexibility index (Phi) is 7.36. The molecule has 0 aliphatic carbocycles. The van der Waals surface area contributed by atoms with E-state index in [4.69, 9.17) is 27.9 Å². The maximum absolute atomic E-state index is 13.5. The number of carbonyl (C=O) groups excluding carboxylic acids is 1. The number of carbonyl (C=O) groups is 1. The molecule has 1 saturated heterocycles. The Morgan fingerprint density at radius 3 is 2.22 bits per heavy atom. The van der Waals surface area contributed by atoms with Crippen molar-refractivity contribution in [2.45, 2.75) is 5.92 Å². The molecular weight excluding hydrogens is 443 g/mol. The Morgan fingerprint density at radius 1 is 0.906 bits per heavy atom. The summed E-state index contributed by atoms with van der Waals surface area (Å²) in [6.45, 7) is 4.21. The summed E-state index contributed by atoms with van der Waals surface area (Å²) in [5.74, 6) is 0.576. The number of methoxy groups -OCH3 is 1. The van der Waals surface area contributed by atoms with Gasteiger partial charge in [0.15, 0.2) is 5.78 Å². The highest BCUT2D eigenvalue weighted by Gasteiger charge is 2.27. The maximum Gasteiger partial charge on any atom is 0.171 e. The van der Waals surface area contributed by atoms with Gasteiger partial charge in [-0.05, 0) is 60.2 Å². The number of Topliss-reactive ketones (excluding diaryl/α,β-unsaturated/α-hetero) is 1. The Labute approximate surface area is 199 Å². The number of nitrogens with zero attached hydrogens (tertiary/aromatic N) is 2. The minimum atomic E-state index is -0.265. The van der Waals surface area contributed by atoms with Crippen molar-refractivity contribution in [2.24, 2.45) is 0 Å². The number of anilines is 1. The SMILES string of the molecule is COc1ccc(C(=O)C(CN2CCN(c3cccc(Cl)c3)CC2)c2ccc(Cl)cc2)cc1. The van der Waals surface area contributed by atoms with Crippen molar-refractivity contribution in [1.29, 1.82) is 0 Å². The molecule has 0 bridgehead atoms. The van der Waals surface area contributed by atoms with Crippen molar-refractivity contribution in [2.75, 3.05) is 44.7 Å². The number of ether oxygens (including phenoxy) is 1. The topological polar surface area (TPSA) is 32.8 Å². The fraction of sp³-hybridized carbons (Fsp3) is 0.269. The summed E-state index contributed by atoms with van der Waals surface area (Å²) in [5, 5.41) is 1.41. The smallest absolute Gasteiger partial charge is 0.171 e. The standard InChI is InChI=1S/C26H26Cl2N2O2/c1-32-24-11-7-20(8-12-24)26(31)25(19-5-9-21(27)10-6-19)18-29-13-15-30(16-14-29)23-4-2-3-22(28)17-23/h2-12,17,25H,13-16,18H2,1H3. The zero-order chi connectivity index (χ0) is 22.5. The summed E-state index contributed by atoms with van der Waals surface area (Å²) in [6, 6.07) is 22.9. The van der Waals surface area contributed by atoms with Crippen molar-refractivity contribution in [1.82, 2.24) is 4.90 Å². The van der Waals surface area contributed by atoms with Crippen LogP contribution in [0.2, 0.25) is 10.0 Å². The zero-order valence-electron chi connectivity index (χ0n) is 18.0. The molecule has 0 amide bonds. The molecule has 4 nitrogen and oxygen atoms in total. The van der Waals surface area contributed by atoms with Gasteiger partial charge in [0, 0.05) is 54.0 Å². The third-order valence-corrected chi connectivity index (χ3v) is 6.44. The molecule has 6 heteroatoms. The predicted molar refractivity (Wildman–Crippen MR) is 132 cm³/mol. The lowest BCUT2D eigenvalue weighted by atomic mass is 9.90. The first-order valence-corrected chi connectivity index (χ1v) is 11.5. The Morgan fingerprint density at radius 2 is 1.59 bits per heavy atom. The van der Waals surface area contributed by atoms with E-state index in [2.05, 4.69) is 15.9 Å². The third-order valence-electron chi connectivity index (χ3n) is 5.95. The van der Waals surface area contributed by atoms with Gasteiger partial charge < -0.3 is 9.64 Å². The Balaban J connectivity index is 1.49. The molecule has 1 unspecified atom stereocenters. The zero-order valence-corrected chi connectivity index (χ0v) is 19.5. The quantitative estimate of drug-likeness (QED) is 0.410. The molecule has 3 aromatic carbocycles. The fourth-order valence-corrected chi connectivity index (χ4v) is 4.42. The number of benzene rings is 3. The van der Waals surface area contributed by atoms with E-state index in [9.17, 15) is 4.79 Å². The van der Waals surface area contributed by atoms with Crippen LogP contribution in [0.1, 0.15) is 21.8 Å². The van der Waals surface area contributed by atoms with Gasteiger partial charge in [-0.2, -0.15) is 0 Å². The molecule has 0 N–H and O–H groups in total. The van der Waals surface area contributed by atoms with Gasteiger partial charge in [0.2, 0.25) is 0 Å². The summed E-state index contributed by atoms with van der Waals surface area (Å²) in [6.07, 6.45) is 0. The van der Waals surface area contributed by atoms with E-state index in [1.165, 1.54) is 0 Å². The van der Waals surface area contributed by atoms with E-state index in [1.54, 1.807) is 7.11 Å². The normalized spacial score (nSPS) is 15.4. The number of piperazine rings is 1. The molecule has 0 radical (unpaired) electrons. The summed E-state index contributed by atoms with van der Waals surface area (Å²) < 4.78 is 5.24. The van der Waals surface area contributed by atoms with Gasteiger partial charge in [-0.25, -0.2) is 0 Å². The van der Waals surface area contributed by atoms with Crippen LogP contribution in [0.4, 0.5) is 5.69 Å². The third kappa shape index (κ3) is 5.44. The first-order valence-electron chi connectivity index (χ1n) is 10.7. The maximum atomic E-state index is 13.5. The van der Waals surface area contributed by atoms with Crippen LogP contribution < -0.4 is 9.64 Å². The van der Waals surface area contributed by atoms with Gasteiger partial charge in [0.05, 0.1) is 13.0 Å². The highest BCUT2D eigenvalue weighted by Crippen LogP contribution is 2.27. The van der Waals surface area contributed by atoms with Crippen LogP contribution in [0, 0.1) is 0 Å². The molecule has 4 rings (SSSR count). The minimum absolute atomic E-state index is 0.104. The molecule has 0 aromatic heterocycles. The molecule has 0 spiro atoms. The Hall–Kier alpha value is -2.53. The number of hydrogen-bond acceptors (Lipinski definition) is 4. The molecule has 1 aliphatic rings. The van der Waals surface area contributed by atoms with Gasteiger partial charge in [0.1, 0.15) is 5.75 Å². The second-order valence-corrected chi connectivity index (χ2v) is 8.84. The van der Waals surface area contributed by atoms with Crippen LogP contribution in [0.15, 0.2) is 72.8 Å². The molecule has 1 aliphatic heterocycles. The number of halogens is 2. The van der Waals surface area contributed by atoms with Gasteiger partial charge in [-0.1, -0.05) is 41.4 Å². The number of ketones is 1. The minimum Gasteiger partial charge on any atom is -0.497 e. The van der Waals surface area contributed by atoms with Crippen LogP contribution in [-0.4, -0.2) is 50.5 Å². The molecule has 1 fully saturated rings. The lowest BCUT2D eigenvalue weighted by molar-refractivity contribution is 0.0931. The van der Waals surface area contributed by atoms with Crippen molar-refractivity contribution >= 4 is 34.7 Å². The van der Waals surface area contributed by atoms with E-state index >= 15 is 0 Å². The largest absolute Gasteiger partial charge is 0.497 e. The van der Waals surface area contributed by atoms with E-state index in [1.807, 2.05) is 66.7 Å². The first-order chi connectivity index (χ1) is 15.5. The van der Waals surface area contributed by atoms with Crippen LogP contribution >= 0.6 is 23.2 Å². The predicted octanol–water partition coefficient (Wildman–Crippen LogP) is 5.79. The first kappa shape index (κ1) is 22.7. The molecule has 1 heterocycles. The van der Waals surface area contributed by atoms with Crippen molar-refractivity contribution in [3.63, 3.8) is 0 Å². The number of rotatable bonds is 7. The molecule has 32 heavy (non-hydrogen) atoms. The second-order valence-electron chi connectivity index (χ2n) is 7.96. The summed E-state index contributed by atoms with van der Waals surface area (Å²) >= 11 is 12.3. The van der Waals surface area contributed by atoms with Crippen LogP contribution in [0.5, 0.6) is 5.75 Å². The van der Waals surface area contributed by atoms with Crippen molar-refractivity contribution < 1.29 is 9.53 Å². The summed E-state index contributed by atoms with van der Waals surface area (Å²) in [5.41, 5.74) is 2.80. The van der Waals surface area contributed by atoms with Crippen molar-refractivity contribution in [3.8, 4) is 5.75 Å². The van der Waals surface area contributed by atoms with Crippen LogP contribution in [0.25, 0.3) is 0 Å². The number of hydrogen-bond donors (Lipinski definition) is 0. The van der Waals surface area contributed by atoms with Crippen molar-refractivity contribution in [3.05, 3.63) is 94.0 Å². The molecule has 3 aromatic rings. The summed E-state index contributed by atoms with van der Waals surface area (Å²) in [7, 11) is 1.62. The van der Waals surface area contributed by atoms with Gasteiger partial charge in [-0.3, -0.25) is 9.69 Å². The molecule has 0 saturated carbocycles.